The van der Waals surface area contributed by atoms with Gasteiger partial charge in [-0.25, -0.2) is 4.98 Å². The Morgan fingerprint density at radius 3 is 2.58 bits per heavy atom. The summed E-state index contributed by atoms with van der Waals surface area (Å²) in [6, 6.07) is 16.3. The largest absolute Gasteiger partial charge is 0.493 e. The summed E-state index contributed by atoms with van der Waals surface area (Å²) in [5.74, 6) is 1.49. The van der Waals surface area contributed by atoms with Gasteiger partial charge in [-0.15, -0.1) is 0 Å². The molecule has 0 radical (unpaired) electrons. The molecule has 4 aromatic rings. The van der Waals surface area contributed by atoms with Gasteiger partial charge in [0.2, 0.25) is 0 Å². The summed E-state index contributed by atoms with van der Waals surface area (Å²) in [6.07, 6.45) is 2.37. The lowest BCUT2D eigenvalue weighted by atomic mass is 10.1. The number of ether oxygens (including phenoxy) is 2. The van der Waals surface area contributed by atoms with Gasteiger partial charge < -0.3 is 9.47 Å². The summed E-state index contributed by atoms with van der Waals surface area (Å²) in [6.45, 7) is 4.36. The lowest BCUT2D eigenvalue weighted by Crippen LogP contribution is -2.23. The smallest absolute Gasteiger partial charge is 0.282 e. The second-order valence-corrected chi connectivity index (χ2v) is 10.0. The number of halogens is 3. The maximum absolute atomic E-state index is 13.3. The molecule has 9 heteroatoms. The zero-order chi connectivity index (χ0) is 25.8. The molecule has 0 spiro atoms. The molecule has 0 bridgehead atoms. The highest BCUT2D eigenvalue weighted by molar-refractivity contribution is 9.10. The maximum atomic E-state index is 13.3. The molecule has 1 aromatic heterocycles. The minimum absolute atomic E-state index is 0.0321. The van der Waals surface area contributed by atoms with Gasteiger partial charge in [0.1, 0.15) is 12.4 Å². The highest BCUT2D eigenvalue weighted by Gasteiger charge is 2.16. The number of rotatable bonds is 8. The SMILES string of the molecule is CC[C@H](C)c1nc2ccc(Br)cc2c(=O)n1N=Cc1cc(Cl)c(OCc2ccc(Cl)cc2)c(OC)c1. The van der Waals surface area contributed by atoms with E-state index in [2.05, 4.69) is 21.0 Å². The zero-order valence-electron chi connectivity index (χ0n) is 20.0. The summed E-state index contributed by atoms with van der Waals surface area (Å²) >= 11 is 15.9. The molecule has 0 unspecified atom stereocenters. The van der Waals surface area contributed by atoms with E-state index in [1.807, 2.05) is 38.1 Å². The molecule has 0 saturated carbocycles. The van der Waals surface area contributed by atoms with Crippen LogP contribution < -0.4 is 15.0 Å². The highest BCUT2D eigenvalue weighted by atomic mass is 79.9. The quantitative estimate of drug-likeness (QED) is 0.200. The molecule has 3 aromatic carbocycles. The molecule has 0 aliphatic heterocycles. The fourth-order valence-electron chi connectivity index (χ4n) is 3.59. The monoisotopic (exact) mass is 587 g/mol. The molecule has 0 saturated heterocycles. The fraction of sp³-hybridized carbons (Fsp3) is 0.222. The summed E-state index contributed by atoms with van der Waals surface area (Å²) < 4.78 is 13.6. The first-order chi connectivity index (χ1) is 17.3. The minimum atomic E-state index is -0.242. The number of aromatic nitrogens is 2. The fourth-order valence-corrected chi connectivity index (χ4v) is 4.35. The zero-order valence-corrected chi connectivity index (χ0v) is 23.1. The van der Waals surface area contributed by atoms with Crippen molar-refractivity contribution in [2.45, 2.75) is 32.8 Å². The van der Waals surface area contributed by atoms with E-state index in [1.165, 1.54) is 4.68 Å². The van der Waals surface area contributed by atoms with Crippen molar-refractivity contribution in [1.29, 1.82) is 0 Å². The third-order valence-corrected chi connectivity index (χ3v) is 6.78. The van der Waals surface area contributed by atoms with Gasteiger partial charge >= 0.3 is 0 Å². The van der Waals surface area contributed by atoms with E-state index in [1.54, 1.807) is 43.7 Å². The third kappa shape index (κ3) is 5.75. The number of benzene rings is 3. The molecular weight excluding hydrogens is 565 g/mol. The molecule has 0 aliphatic rings. The van der Waals surface area contributed by atoms with Crippen LogP contribution in [0.25, 0.3) is 10.9 Å². The predicted octanol–water partition coefficient (Wildman–Crippen LogP) is 7.45. The van der Waals surface area contributed by atoms with Crippen LogP contribution in [0.4, 0.5) is 0 Å². The average molecular weight is 589 g/mol. The van der Waals surface area contributed by atoms with E-state index in [0.29, 0.717) is 50.4 Å². The number of hydrogen-bond acceptors (Lipinski definition) is 5. The van der Waals surface area contributed by atoms with Crippen molar-refractivity contribution >= 4 is 56.2 Å². The number of hydrogen-bond donors (Lipinski definition) is 0. The Balaban J connectivity index is 1.69. The van der Waals surface area contributed by atoms with Crippen LogP contribution >= 0.6 is 39.1 Å². The van der Waals surface area contributed by atoms with E-state index in [0.717, 1.165) is 16.5 Å². The van der Waals surface area contributed by atoms with Crippen molar-refractivity contribution in [3.8, 4) is 11.5 Å². The number of methoxy groups -OCH3 is 1. The topological polar surface area (TPSA) is 65.7 Å². The van der Waals surface area contributed by atoms with E-state index >= 15 is 0 Å². The van der Waals surface area contributed by atoms with Crippen molar-refractivity contribution in [3.63, 3.8) is 0 Å². The first-order valence-electron chi connectivity index (χ1n) is 11.3. The van der Waals surface area contributed by atoms with Gasteiger partial charge in [0.05, 0.1) is 29.2 Å². The van der Waals surface area contributed by atoms with Gasteiger partial charge in [-0.2, -0.15) is 9.78 Å². The van der Waals surface area contributed by atoms with Gasteiger partial charge in [0.25, 0.3) is 5.56 Å². The summed E-state index contributed by atoms with van der Waals surface area (Å²) in [7, 11) is 1.54. The Labute approximate surface area is 227 Å². The van der Waals surface area contributed by atoms with Gasteiger partial charge in [0.15, 0.2) is 11.5 Å². The third-order valence-electron chi connectivity index (χ3n) is 5.76. The number of fused-ring (bicyclic) bond motifs is 1. The van der Waals surface area contributed by atoms with Crippen molar-refractivity contribution in [2.75, 3.05) is 7.11 Å². The van der Waals surface area contributed by atoms with Gasteiger partial charge in [0, 0.05) is 15.4 Å². The van der Waals surface area contributed by atoms with Crippen LogP contribution in [0.5, 0.6) is 11.5 Å². The Bertz CT molecular complexity index is 1490. The molecular formula is C27H24BrCl2N3O3. The molecule has 1 heterocycles. The average Bonchev–Trinajstić information content (AvgIpc) is 2.87. The van der Waals surface area contributed by atoms with Crippen molar-refractivity contribution in [2.24, 2.45) is 5.10 Å². The normalized spacial score (nSPS) is 12.3. The van der Waals surface area contributed by atoms with Crippen LogP contribution in [0.15, 0.2) is 69.0 Å². The van der Waals surface area contributed by atoms with E-state index in [9.17, 15) is 4.79 Å². The van der Waals surface area contributed by atoms with Crippen molar-refractivity contribution < 1.29 is 9.47 Å². The van der Waals surface area contributed by atoms with Gasteiger partial charge in [-0.05, 0) is 60.0 Å². The van der Waals surface area contributed by atoms with Crippen molar-refractivity contribution in [1.82, 2.24) is 9.66 Å². The second kappa shape index (κ2) is 11.5. The van der Waals surface area contributed by atoms with Crippen LogP contribution in [0.1, 0.15) is 43.1 Å². The van der Waals surface area contributed by atoms with Crippen LogP contribution in [-0.2, 0) is 6.61 Å². The Kier molecular flexibility index (Phi) is 8.34. The minimum Gasteiger partial charge on any atom is -0.493 e. The first-order valence-corrected chi connectivity index (χ1v) is 12.9. The summed E-state index contributed by atoms with van der Waals surface area (Å²) in [5, 5.41) is 6.00. The molecule has 186 valence electrons. The van der Waals surface area contributed by atoms with Crippen LogP contribution in [-0.4, -0.2) is 23.0 Å². The molecule has 6 nitrogen and oxygen atoms in total. The highest BCUT2D eigenvalue weighted by Crippen LogP contribution is 2.36. The van der Waals surface area contributed by atoms with Gasteiger partial charge in [-0.3, -0.25) is 4.79 Å². The summed E-state index contributed by atoms with van der Waals surface area (Å²) in [4.78, 5) is 18.1. The van der Waals surface area contributed by atoms with Crippen molar-refractivity contribution in [3.05, 3.63) is 96.4 Å². The molecule has 0 fully saturated rings. The summed E-state index contributed by atoms with van der Waals surface area (Å²) in [5.41, 5.74) is 1.98. The number of nitrogens with zero attached hydrogens (tertiary/aromatic N) is 3. The maximum Gasteiger partial charge on any atom is 0.282 e. The van der Waals surface area contributed by atoms with Gasteiger partial charge in [-0.1, -0.05) is 65.1 Å². The molecule has 0 aliphatic carbocycles. The lowest BCUT2D eigenvalue weighted by molar-refractivity contribution is 0.284. The Hall–Kier alpha value is -2.87. The Morgan fingerprint density at radius 2 is 1.89 bits per heavy atom. The molecule has 36 heavy (non-hydrogen) atoms. The molecule has 4 rings (SSSR count). The molecule has 1 atom stereocenters. The van der Waals surface area contributed by atoms with Crippen LogP contribution in [0.3, 0.4) is 0 Å². The van der Waals surface area contributed by atoms with E-state index in [-0.39, 0.29) is 11.5 Å². The molecule has 0 N–H and O–H groups in total. The molecule has 0 amide bonds. The standard InChI is InChI=1S/C27H24BrCl2N3O3/c1-4-16(2)26-32-23-10-7-19(28)13-21(23)27(34)33(26)31-14-18-11-22(30)25(24(12-18)35-3)36-15-17-5-8-20(29)9-6-17/h5-14,16H,4,15H2,1-3H3/t16-/m0/s1. The predicted molar refractivity (Wildman–Crippen MR) is 149 cm³/mol. The van der Waals surface area contributed by atoms with E-state index < -0.39 is 0 Å². The van der Waals surface area contributed by atoms with Crippen LogP contribution in [0, 0.1) is 0 Å². The second-order valence-electron chi connectivity index (χ2n) is 8.25. The first kappa shape index (κ1) is 26.2. The van der Waals surface area contributed by atoms with E-state index in [4.69, 9.17) is 37.7 Å². The Morgan fingerprint density at radius 1 is 1.14 bits per heavy atom. The van der Waals surface area contributed by atoms with Crippen LogP contribution in [0.2, 0.25) is 10.0 Å². The lowest BCUT2D eigenvalue weighted by Gasteiger charge is -2.15.